The normalized spacial score (nSPS) is 18.5. The van der Waals surface area contributed by atoms with Crippen molar-refractivity contribution in [1.29, 1.82) is 0 Å². The number of carbonyl (C=O) groups is 2. The SMILES string of the molecule is COCCC(NC(=O)NC1(C(F)(F)F)CC1)C(=O)O. The lowest BCUT2D eigenvalue weighted by Gasteiger charge is -2.22. The minimum absolute atomic E-state index is 0.0295. The van der Waals surface area contributed by atoms with Crippen molar-refractivity contribution in [1.82, 2.24) is 10.6 Å². The number of methoxy groups -OCH3 is 1. The molecule has 1 unspecified atom stereocenters. The third-order valence-corrected chi connectivity index (χ3v) is 2.86. The van der Waals surface area contributed by atoms with Gasteiger partial charge in [0.15, 0.2) is 0 Å². The molecule has 6 nitrogen and oxygen atoms in total. The molecule has 0 spiro atoms. The highest BCUT2D eigenvalue weighted by Crippen LogP contribution is 2.48. The van der Waals surface area contributed by atoms with E-state index in [9.17, 15) is 22.8 Å². The molecule has 0 saturated heterocycles. The van der Waals surface area contributed by atoms with Gasteiger partial charge in [0.1, 0.15) is 11.6 Å². The number of carboxylic acids is 1. The summed E-state index contributed by atoms with van der Waals surface area (Å²) in [5.41, 5.74) is -2.21. The predicted molar refractivity (Wildman–Crippen MR) is 57.6 cm³/mol. The van der Waals surface area contributed by atoms with Crippen LogP contribution in [0.25, 0.3) is 0 Å². The van der Waals surface area contributed by atoms with Crippen LogP contribution in [0.1, 0.15) is 19.3 Å². The standard InChI is InChI=1S/C10H15F3N2O4/c1-19-5-2-6(7(16)17)14-8(18)15-9(3-4-9)10(11,12)13/h6H,2-5H2,1H3,(H,16,17)(H2,14,15,18). The van der Waals surface area contributed by atoms with Crippen LogP contribution in [0.15, 0.2) is 0 Å². The molecule has 0 bridgehead atoms. The zero-order valence-electron chi connectivity index (χ0n) is 10.2. The molecule has 110 valence electrons. The summed E-state index contributed by atoms with van der Waals surface area (Å²) in [6.45, 7) is 0.0711. The zero-order chi connectivity index (χ0) is 14.7. The number of carbonyl (C=O) groups excluding carboxylic acids is 1. The molecule has 1 atom stereocenters. The van der Waals surface area contributed by atoms with Gasteiger partial charge in [-0.25, -0.2) is 9.59 Å². The Hall–Kier alpha value is -1.51. The van der Waals surface area contributed by atoms with Crippen molar-refractivity contribution in [2.45, 2.75) is 37.0 Å². The van der Waals surface area contributed by atoms with E-state index in [1.54, 1.807) is 5.32 Å². The number of ether oxygens (including phenoxy) is 1. The highest BCUT2D eigenvalue weighted by molar-refractivity contribution is 5.83. The maximum absolute atomic E-state index is 12.6. The van der Waals surface area contributed by atoms with Gasteiger partial charge in [0.25, 0.3) is 0 Å². The van der Waals surface area contributed by atoms with Crippen molar-refractivity contribution in [3.8, 4) is 0 Å². The van der Waals surface area contributed by atoms with E-state index < -0.39 is 29.8 Å². The van der Waals surface area contributed by atoms with Gasteiger partial charge in [-0.1, -0.05) is 0 Å². The Bertz CT molecular complexity index is 355. The fraction of sp³-hybridized carbons (Fsp3) is 0.800. The van der Waals surface area contributed by atoms with Crippen LogP contribution in [0.3, 0.4) is 0 Å². The minimum Gasteiger partial charge on any atom is -0.480 e. The van der Waals surface area contributed by atoms with E-state index >= 15 is 0 Å². The Kier molecular flexibility index (Phi) is 4.61. The molecule has 9 heteroatoms. The summed E-state index contributed by atoms with van der Waals surface area (Å²) in [5, 5.41) is 12.6. The minimum atomic E-state index is -4.53. The molecule has 0 heterocycles. The fourth-order valence-corrected chi connectivity index (χ4v) is 1.51. The van der Waals surface area contributed by atoms with Gasteiger partial charge in [0.2, 0.25) is 0 Å². The van der Waals surface area contributed by atoms with Crippen LogP contribution < -0.4 is 10.6 Å². The van der Waals surface area contributed by atoms with E-state index in [1.807, 2.05) is 5.32 Å². The second kappa shape index (κ2) is 5.64. The number of amides is 2. The molecule has 1 fully saturated rings. The number of urea groups is 1. The van der Waals surface area contributed by atoms with E-state index in [0.717, 1.165) is 0 Å². The average molecular weight is 284 g/mol. The van der Waals surface area contributed by atoms with Gasteiger partial charge in [-0.05, 0) is 12.8 Å². The van der Waals surface area contributed by atoms with Gasteiger partial charge in [0, 0.05) is 20.1 Å². The molecule has 0 radical (unpaired) electrons. The van der Waals surface area contributed by atoms with Gasteiger partial charge in [-0.15, -0.1) is 0 Å². The summed E-state index contributed by atoms with van der Waals surface area (Å²) in [6, 6.07) is -2.43. The third kappa shape index (κ3) is 3.98. The summed E-state index contributed by atoms with van der Waals surface area (Å²) in [5.74, 6) is -1.33. The van der Waals surface area contributed by atoms with Gasteiger partial charge >= 0.3 is 18.2 Å². The molecule has 2 amide bonds. The summed E-state index contributed by atoms with van der Waals surface area (Å²) < 4.78 is 42.4. The van der Waals surface area contributed by atoms with E-state index in [1.165, 1.54) is 7.11 Å². The Labute approximate surface area is 107 Å². The predicted octanol–water partition coefficient (Wildman–Crippen LogP) is 0.870. The van der Waals surface area contributed by atoms with E-state index in [-0.39, 0.29) is 25.9 Å². The second-order valence-corrected chi connectivity index (χ2v) is 4.35. The Balaban J connectivity index is 2.52. The monoisotopic (exact) mass is 284 g/mol. The van der Waals surface area contributed by atoms with Crippen molar-refractivity contribution in [2.24, 2.45) is 0 Å². The summed E-state index contributed by atoms with van der Waals surface area (Å²) in [7, 11) is 1.35. The number of hydrogen-bond donors (Lipinski definition) is 3. The number of halogens is 3. The number of rotatable bonds is 6. The van der Waals surface area contributed by atoms with Crippen LogP contribution in [-0.4, -0.2) is 48.6 Å². The summed E-state index contributed by atoms with van der Waals surface area (Å²) in [6.07, 6.45) is -4.95. The Morgan fingerprint density at radius 3 is 2.37 bits per heavy atom. The molecule has 1 rings (SSSR count). The van der Waals surface area contributed by atoms with Crippen LogP contribution in [0.2, 0.25) is 0 Å². The van der Waals surface area contributed by atoms with E-state index in [2.05, 4.69) is 4.74 Å². The smallest absolute Gasteiger partial charge is 0.411 e. The maximum Gasteiger partial charge on any atom is 0.411 e. The lowest BCUT2D eigenvalue weighted by Crippen LogP contribution is -2.54. The quantitative estimate of drug-likeness (QED) is 0.675. The lowest BCUT2D eigenvalue weighted by atomic mass is 10.2. The molecule has 19 heavy (non-hydrogen) atoms. The first-order chi connectivity index (χ1) is 8.72. The number of hydrogen-bond acceptors (Lipinski definition) is 3. The Morgan fingerprint density at radius 1 is 1.42 bits per heavy atom. The Morgan fingerprint density at radius 2 is 2.00 bits per heavy atom. The first-order valence-electron chi connectivity index (χ1n) is 5.59. The summed E-state index contributed by atoms with van der Waals surface area (Å²) >= 11 is 0. The van der Waals surface area contributed by atoms with Crippen molar-refractivity contribution in [3.05, 3.63) is 0 Å². The largest absolute Gasteiger partial charge is 0.480 e. The summed E-state index contributed by atoms with van der Waals surface area (Å²) in [4.78, 5) is 22.2. The maximum atomic E-state index is 12.6. The van der Waals surface area contributed by atoms with Gasteiger partial charge in [-0.3, -0.25) is 0 Å². The van der Waals surface area contributed by atoms with Crippen LogP contribution in [-0.2, 0) is 9.53 Å². The van der Waals surface area contributed by atoms with Crippen LogP contribution in [0.4, 0.5) is 18.0 Å². The fourth-order valence-electron chi connectivity index (χ4n) is 1.51. The number of nitrogens with one attached hydrogen (secondary N) is 2. The van der Waals surface area contributed by atoms with E-state index in [4.69, 9.17) is 5.11 Å². The molecule has 0 aromatic carbocycles. The van der Waals surface area contributed by atoms with Gasteiger partial charge < -0.3 is 20.5 Å². The topological polar surface area (TPSA) is 87.7 Å². The molecule has 3 N–H and O–H groups in total. The average Bonchev–Trinajstić information content (AvgIpc) is 3.03. The third-order valence-electron chi connectivity index (χ3n) is 2.86. The first kappa shape index (κ1) is 15.5. The molecule has 0 aromatic heterocycles. The van der Waals surface area contributed by atoms with Crippen molar-refractivity contribution < 1.29 is 32.6 Å². The number of alkyl halides is 3. The van der Waals surface area contributed by atoms with Crippen LogP contribution >= 0.6 is 0 Å². The van der Waals surface area contributed by atoms with Crippen LogP contribution in [0, 0.1) is 0 Å². The highest BCUT2D eigenvalue weighted by atomic mass is 19.4. The molecule has 1 aliphatic rings. The van der Waals surface area contributed by atoms with Crippen molar-refractivity contribution in [3.63, 3.8) is 0 Å². The van der Waals surface area contributed by atoms with Gasteiger partial charge in [0.05, 0.1) is 0 Å². The lowest BCUT2D eigenvalue weighted by molar-refractivity contribution is -0.162. The molecular weight excluding hydrogens is 269 g/mol. The van der Waals surface area contributed by atoms with Crippen molar-refractivity contribution in [2.75, 3.05) is 13.7 Å². The van der Waals surface area contributed by atoms with Crippen LogP contribution in [0.5, 0.6) is 0 Å². The molecular formula is C10H15F3N2O4. The van der Waals surface area contributed by atoms with Crippen molar-refractivity contribution >= 4 is 12.0 Å². The van der Waals surface area contributed by atoms with E-state index in [0.29, 0.717) is 0 Å². The molecule has 1 saturated carbocycles. The molecule has 0 aromatic rings. The highest BCUT2D eigenvalue weighted by Gasteiger charge is 2.64. The van der Waals surface area contributed by atoms with Gasteiger partial charge in [-0.2, -0.15) is 13.2 Å². The zero-order valence-corrected chi connectivity index (χ0v) is 10.2. The molecule has 1 aliphatic carbocycles. The number of aliphatic carboxylic acids is 1. The molecule has 0 aliphatic heterocycles. The number of carboxylic acid groups (broad SMARTS) is 1. The first-order valence-corrected chi connectivity index (χ1v) is 5.59. The second-order valence-electron chi connectivity index (χ2n) is 4.35.